The Morgan fingerprint density at radius 3 is 2.50 bits per heavy atom. The lowest BCUT2D eigenvalue weighted by molar-refractivity contribution is -0.167. The van der Waals surface area contributed by atoms with Crippen molar-refractivity contribution in [1.29, 1.82) is 0 Å². The number of para-hydroxylation sites is 1. The second kappa shape index (κ2) is 13.5. The number of likely N-dealkylation sites (tertiary alicyclic amines) is 1. The van der Waals surface area contributed by atoms with Gasteiger partial charge in [0.2, 0.25) is 17.7 Å². The fraction of sp³-hybridized carbons (Fsp3) is 0.513. The Labute approximate surface area is 272 Å². The van der Waals surface area contributed by atoms with Crippen LogP contribution in [-0.2, 0) is 32.8 Å². The molecule has 3 atom stereocenters. The number of nitrogens with one attached hydrogen (secondary N) is 2. The smallest absolute Gasteiger partial charge is 0.228 e. The topological polar surface area (TPSA) is 85.5 Å². The van der Waals surface area contributed by atoms with E-state index in [0.717, 1.165) is 75.7 Å². The summed E-state index contributed by atoms with van der Waals surface area (Å²) < 4.78 is 0. The quantitative estimate of drug-likeness (QED) is 0.271. The molecule has 0 bridgehead atoms. The molecule has 7 rings (SSSR count). The highest BCUT2D eigenvalue weighted by atomic mass is 16.2. The van der Waals surface area contributed by atoms with Gasteiger partial charge in [-0.05, 0) is 94.2 Å². The molecule has 3 aliphatic heterocycles. The highest BCUT2D eigenvalue weighted by Crippen LogP contribution is 2.53. The Kier molecular flexibility index (Phi) is 9.01. The number of carbonyl (C=O) groups excluding carboxylic acids is 3. The summed E-state index contributed by atoms with van der Waals surface area (Å²) in [6.07, 6.45) is 13.8. The minimum absolute atomic E-state index is 0.0187. The summed E-state index contributed by atoms with van der Waals surface area (Å²) in [6.45, 7) is 2.68. The first kappa shape index (κ1) is 30.8. The van der Waals surface area contributed by atoms with Gasteiger partial charge in [0.15, 0.2) is 0 Å². The molecule has 46 heavy (non-hydrogen) atoms. The number of benzene rings is 2. The first-order valence-electron chi connectivity index (χ1n) is 17.7. The highest BCUT2D eigenvalue weighted by Gasteiger charge is 2.59. The van der Waals surface area contributed by atoms with Gasteiger partial charge in [-0.2, -0.15) is 0 Å². The van der Waals surface area contributed by atoms with Crippen LogP contribution >= 0.6 is 0 Å². The number of nitrogens with zero attached hydrogens (tertiary/aromatic N) is 2. The average molecular weight is 621 g/mol. The van der Waals surface area contributed by atoms with E-state index in [0.29, 0.717) is 25.9 Å². The van der Waals surface area contributed by atoms with E-state index in [9.17, 15) is 14.4 Å². The zero-order valence-electron chi connectivity index (χ0n) is 27.1. The fourth-order valence-electron chi connectivity index (χ4n) is 8.87. The third kappa shape index (κ3) is 5.89. The maximum Gasteiger partial charge on any atom is 0.228 e. The molecule has 0 saturated carbocycles. The van der Waals surface area contributed by atoms with Crippen molar-refractivity contribution in [2.24, 2.45) is 11.8 Å². The van der Waals surface area contributed by atoms with Gasteiger partial charge >= 0.3 is 0 Å². The van der Waals surface area contributed by atoms with Crippen molar-refractivity contribution in [1.82, 2.24) is 20.1 Å². The van der Waals surface area contributed by atoms with Gasteiger partial charge in [-0.1, -0.05) is 60.2 Å². The number of hydrogen-bond acceptors (Lipinski definition) is 3. The molecule has 1 unspecified atom stereocenters. The number of aromatic nitrogens is 1. The summed E-state index contributed by atoms with van der Waals surface area (Å²) in [5, 5.41) is 4.30. The van der Waals surface area contributed by atoms with Crippen LogP contribution in [0.1, 0.15) is 87.4 Å². The molecule has 0 radical (unpaired) electrons. The minimum Gasteiger partial charge on any atom is -0.356 e. The summed E-state index contributed by atoms with van der Waals surface area (Å²) >= 11 is 0. The molecule has 3 aromatic rings. The van der Waals surface area contributed by atoms with Gasteiger partial charge in [0.05, 0.1) is 11.5 Å². The molecule has 242 valence electrons. The molecule has 2 N–H and O–H groups in total. The van der Waals surface area contributed by atoms with E-state index >= 15 is 0 Å². The van der Waals surface area contributed by atoms with E-state index in [1.165, 1.54) is 34.9 Å². The molecule has 1 aromatic heterocycles. The fourth-order valence-corrected chi connectivity index (χ4v) is 8.87. The predicted molar refractivity (Wildman–Crippen MR) is 181 cm³/mol. The second-order valence-corrected chi connectivity index (χ2v) is 14.0. The zero-order valence-corrected chi connectivity index (χ0v) is 27.1. The summed E-state index contributed by atoms with van der Waals surface area (Å²) in [4.78, 5) is 50.6. The number of piperidine rings is 2. The number of fused-ring (bicyclic) bond motifs is 5. The monoisotopic (exact) mass is 620 g/mol. The normalized spacial score (nSPS) is 24.7. The first-order chi connectivity index (χ1) is 22.5. The maximum atomic E-state index is 14.8. The van der Waals surface area contributed by atoms with Crippen LogP contribution < -0.4 is 5.32 Å². The Bertz CT molecular complexity index is 1600. The third-order valence-corrected chi connectivity index (χ3v) is 11.2. The molecule has 1 aliphatic carbocycles. The Balaban J connectivity index is 1.23. The number of hydrogen-bond donors (Lipinski definition) is 2. The third-order valence-electron chi connectivity index (χ3n) is 11.2. The Morgan fingerprint density at radius 1 is 0.891 bits per heavy atom. The number of aromatic amines is 1. The number of amides is 3. The van der Waals surface area contributed by atoms with Gasteiger partial charge in [0, 0.05) is 55.1 Å². The first-order valence-corrected chi connectivity index (χ1v) is 17.7. The van der Waals surface area contributed by atoms with Crippen LogP contribution in [0.25, 0.3) is 10.9 Å². The molecule has 7 nitrogen and oxygen atoms in total. The summed E-state index contributed by atoms with van der Waals surface area (Å²) in [5.74, 6) is -0.858. The number of aryl methyl sites for hydroxylation is 1. The molecule has 2 aromatic carbocycles. The van der Waals surface area contributed by atoms with Gasteiger partial charge in [0.1, 0.15) is 0 Å². The van der Waals surface area contributed by atoms with Crippen LogP contribution in [0, 0.1) is 11.8 Å². The molecular formula is C39H48N4O3. The highest BCUT2D eigenvalue weighted by molar-refractivity contribution is 5.93. The standard InChI is InChI=1S/C39H48N4O3/c44-35(40-22-19-29-14-6-2-7-15-29)27-30-26-33(38(46)42-23-10-3-11-24-42)39(21-18-28-12-4-1-5-13-28)36-32(20-25-43(39)37(30)45)31-16-8-9-17-34(31)41-36/h1,4-5,8-9,12-14,16-17,30,33,41H,2-3,6-7,10-11,15,18-27H2,(H,40,44)/t30?,33-,39+/m1/s1. The zero-order chi connectivity index (χ0) is 31.5. The molecule has 2 saturated heterocycles. The van der Waals surface area contributed by atoms with E-state index in [1.807, 2.05) is 17.0 Å². The lowest BCUT2D eigenvalue weighted by Gasteiger charge is -2.56. The summed E-state index contributed by atoms with van der Waals surface area (Å²) in [7, 11) is 0. The molecule has 4 aliphatic rings. The maximum absolute atomic E-state index is 14.8. The minimum atomic E-state index is -0.797. The van der Waals surface area contributed by atoms with Crippen molar-refractivity contribution in [3.05, 3.63) is 83.1 Å². The molecule has 7 heteroatoms. The van der Waals surface area contributed by atoms with Crippen LogP contribution in [0.15, 0.2) is 66.2 Å². The molecule has 2 fully saturated rings. The Hall–Kier alpha value is -3.87. The van der Waals surface area contributed by atoms with E-state index < -0.39 is 17.4 Å². The van der Waals surface area contributed by atoms with Gasteiger partial charge in [-0.25, -0.2) is 0 Å². The van der Waals surface area contributed by atoms with Crippen LogP contribution in [0.3, 0.4) is 0 Å². The Morgan fingerprint density at radius 2 is 1.70 bits per heavy atom. The van der Waals surface area contributed by atoms with Gasteiger partial charge in [-0.3, -0.25) is 14.4 Å². The van der Waals surface area contributed by atoms with E-state index in [4.69, 9.17) is 0 Å². The van der Waals surface area contributed by atoms with Crippen LogP contribution in [0.2, 0.25) is 0 Å². The van der Waals surface area contributed by atoms with Crippen LogP contribution in [-0.4, -0.2) is 58.7 Å². The largest absolute Gasteiger partial charge is 0.356 e. The molecule has 4 heterocycles. The molecular weight excluding hydrogens is 572 g/mol. The van der Waals surface area contributed by atoms with Crippen LogP contribution in [0.5, 0.6) is 0 Å². The van der Waals surface area contributed by atoms with Crippen molar-refractivity contribution in [3.8, 4) is 0 Å². The van der Waals surface area contributed by atoms with Crippen LogP contribution in [0.4, 0.5) is 0 Å². The number of allylic oxidation sites excluding steroid dienone is 1. The average Bonchev–Trinajstić information content (AvgIpc) is 3.49. The van der Waals surface area contributed by atoms with Crippen molar-refractivity contribution in [3.63, 3.8) is 0 Å². The predicted octanol–water partition coefficient (Wildman–Crippen LogP) is 6.43. The van der Waals surface area contributed by atoms with Gasteiger partial charge < -0.3 is 20.1 Å². The lowest BCUT2D eigenvalue weighted by Crippen LogP contribution is -2.66. The number of carbonyl (C=O) groups is 3. The second-order valence-electron chi connectivity index (χ2n) is 14.0. The summed E-state index contributed by atoms with van der Waals surface area (Å²) in [6, 6.07) is 18.8. The molecule has 3 amide bonds. The van der Waals surface area contributed by atoms with E-state index in [-0.39, 0.29) is 24.1 Å². The lowest BCUT2D eigenvalue weighted by atomic mass is 9.64. The van der Waals surface area contributed by atoms with Crippen molar-refractivity contribution in [2.75, 3.05) is 26.2 Å². The SMILES string of the molecule is O=C(CC1C[C@H](C(=O)N2CCCCC2)[C@@]2(CCc3ccccc3)c3[nH]c4ccccc4c3CCN2C1=O)NCCC1=CCCCC1. The van der Waals surface area contributed by atoms with Crippen molar-refractivity contribution in [2.45, 2.75) is 89.0 Å². The van der Waals surface area contributed by atoms with Crippen molar-refractivity contribution >= 4 is 28.6 Å². The number of H-pyrrole nitrogens is 1. The van der Waals surface area contributed by atoms with E-state index in [1.54, 1.807) is 0 Å². The van der Waals surface area contributed by atoms with Crippen molar-refractivity contribution < 1.29 is 14.4 Å². The van der Waals surface area contributed by atoms with E-state index in [2.05, 4.69) is 63.7 Å². The number of rotatable bonds is 9. The van der Waals surface area contributed by atoms with Gasteiger partial charge in [-0.15, -0.1) is 0 Å². The summed E-state index contributed by atoms with van der Waals surface area (Å²) in [5.41, 5.74) is 5.15. The molecule has 0 spiro atoms. The van der Waals surface area contributed by atoms with Gasteiger partial charge in [0.25, 0.3) is 0 Å².